The van der Waals surface area contributed by atoms with Gasteiger partial charge in [0.1, 0.15) is 5.82 Å². The van der Waals surface area contributed by atoms with Crippen molar-refractivity contribution in [3.05, 3.63) is 40.8 Å². The molecule has 96 valence electrons. The molecular weight excluding hydrogens is 290 g/mol. The van der Waals surface area contributed by atoms with Crippen LogP contribution in [0.15, 0.2) is 34.9 Å². The fourth-order valence-corrected chi connectivity index (χ4v) is 2.12. The van der Waals surface area contributed by atoms with Crippen molar-refractivity contribution >= 4 is 15.9 Å². The molecular formula is C14H18BrN3. The van der Waals surface area contributed by atoms with E-state index in [0.717, 1.165) is 28.1 Å². The molecule has 0 aliphatic carbocycles. The Balaban J connectivity index is 2.14. The monoisotopic (exact) mass is 307 g/mol. The normalized spacial score (nSPS) is 11.8. The highest BCUT2D eigenvalue weighted by atomic mass is 79.9. The van der Waals surface area contributed by atoms with Crippen molar-refractivity contribution in [3.8, 4) is 11.3 Å². The molecule has 0 fully saturated rings. The lowest BCUT2D eigenvalue weighted by Gasteiger charge is -2.19. The van der Waals surface area contributed by atoms with E-state index < -0.39 is 0 Å². The summed E-state index contributed by atoms with van der Waals surface area (Å²) in [6.07, 6.45) is 1.87. The number of H-pyrrole nitrogens is 1. The molecule has 1 aromatic heterocycles. The summed E-state index contributed by atoms with van der Waals surface area (Å²) in [6, 6.07) is 8.13. The van der Waals surface area contributed by atoms with E-state index in [2.05, 4.69) is 58.1 Å². The fourth-order valence-electron chi connectivity index (χ4n) is 1.62. The Labute approximate surface area is 116 Å². The second-order valence-electron chi connectivity index (χ2n) is 5.33. The Morgan fingerprint density at radius 3 is 2.67 bits per heavy atom. The largest absolute Gasteiger partial charge is 0.341 e. The number of hydrogen-bond donors (Lipinski definition) is 2. The van der Waals surface area contributed by atoms with Gasteiger partial charge in [0.25, 0.3) is 0 Å². The average molecular weight is 308 g/mol. The molecule has 0 aliphatic rings. The van der Waals surface area contributed by atoms with Crippen LogP contribution in [0.4, 0.5) is 0 Å². The van der Waals surface area contributed by atoms with Crippen LogP contribution in [0, 0.1) is 0 Å². The highest BCUT2D eigenvalue weighted by Crippen LogP contribution is 2.26. The van der Waals surface area contributed by atoms with Gasteiger partial charge in [-0.1, -0.05) is 34.1 Å². The van der Waals surface area contributed by atoms with Gasteiger partial charge in [-0.3, -0.25) is 0 Å². The van der Waals surface area contributed by atoms with Crippen LogP contribution in [-0.4, -0.2) is 15.5 Å². The summed E-state index contributed by atoms with van der Waals surface area (Å²) < 4.78 is 1.07. The summed E-state index contributed by atoms with van der Waals surface area (Å²) in [5.74, 6) is 0.954. The minimum absolute atomic E-state index is 0.0975. The Morgan fingerprint density at radius 1 is 1.28 bits per heavy atom. The first kappa shape index (κ1) is 13.3. The number of benzene rings is 1. The third kappa shape index (κ3) is 3.43. The van der Waals surface area contributed by atoms with Gasteiger partial charge in [-0.05, 0) is 26.8 Å². The second kappa shape index (κ2) is 5.24. The predicted molar refractivity (Wildman–Crippen MR) is 78.3 cm³/mol. The van der Waals surface area contributed by atoms with Crippen molar-refractivity contribution in [3.63, 3.8) is 0 Å². The first-order chi connectivity index (χ1) is 8.46. The number of nitrogens with one attached hydrogen (secondary N) is 2. The van der Waals surface area contributed by atoms with Gasteiger partial charge in [0, 0.05) is 15.6 Å². The highest BCUT2D eigenvalue weighted by Gasteiger charge is 2.11. The van der Waals surface area contributed by atoms with Crippen LogP contribution in [0.25, 0.3) is 11.3 Å². The zero-order chi connectivity index (χ0) is 13.2. The minimum Gasteiger partial charge on any atom is -0.341 e. The third-order valence-corrected chi connectivity index (χ3v) is 3.27. The molecule has 1 heterocycles. The van der Waals surface area contributed by atoms with Gasteiger partial charge in [-0.15, -0.1) is 0 Å². The van der Waals surface area contributed by atoms with Gasteiger partial charge >= 0.3 is 0 Å². The van der Waals surface area contributed by atoms with Crippen molar-refractivity contribution in [1.29, 1.82) is 0 Å². The van der Waals surface area contributed by atoms with E-state index in [0.29, 0.717) is 0 Å². The average Bonchev–Trinajstić information content (AvgIpc) is 2.75. The Bertz CT molecular complexity index is 526. The Hall–Kier alpha value is -1.13. The number of aromatic amines is 1. The number of halogens is 1. The van der Waals surface area contributed by atoms with Crippen molar-refractivity contribution in [2.24, 2.45) is 0 Å². The van der Waals surface area contributed by atoms with Gasteiger partial charge < -0.3 is 10.3 Å². The maximum atomic E-state index is 4.40. The lowest BCUT2D eigenvalue weighted by molar-refractivity contribution is 0.418. The second-order valence-corrected chi connectivity index (χ2v) is 6.18. The van der Waals surface area contributed by atoms with Gasteiger partial charge in [-0.2, -0.15) is 0 Å². The molecule has 2 aromatic rings. The number of nitrogens with zero attached hydrogens (tertiary/aromatic N) is 1. The smallest absolute Gasteiger partial charge is 0.120 e. The fraction of sp³-hybridized carbons (Fsp3) is 0.357. The van der Waals surface area contributed by atoms with Crippen LogP contribution in [0.2, 0.25) is 0 Å². The van der Waals surface area contributed by atoms with Crippen LogP contribution >= 0.6 is 15.9 Å². The molecule has 0 radical (unpaired) electrons. The van der Waals surface area contributed by atoms with Crippen molar-refractivity contribution in [2.75, 3.05) is 0 Å². The van der Waals surface area contributed by atoms with Crippen LogP contribution in [0.1, 0.15) is 26.6 Å². The quantitative estimate of drug-likeness (QED) is 0.907. The molecule has 0 saturated carbocycles. The molecule has 0 bridgehead atoms. The van der Waals surface area contributed by atoms with Crippen LogP contribution in [-0.2, 0) is 6.54 Å². The number of imidazole rings is 1. The van der Waals surface area contributed by atoms with Gasteiger partial charge in [0.05, 0.1) is 18.4 Å². The molecule has 0 spiro atoms. The first-order valence-electron chi connectivity index (χ1n) is 5.99. The molecule has 3 nitrogen and oxygen atoms in total. The maximum absolute atomic E-state index is 4.40. The van der Waals surface area contributed by atoms with E-state index in [-0.39, 0.29) is 5.54 Å². The minimum atomic E-state index is 0.0975. The molecule has 0 aliphatic heterocycles. The topological polar surface area (TPSA) is 40.7 Å². The molecule has 0 saturated heterocycles. The number of aromatic nitrogens is 2. The van der Waals surface area contributed by atoms with E-state index in [9.17, 15) is 0 Å². The standard InChI is InChI=1S/C14H18BrN3/c1-14(2,3)17-9-13-16-8-12(18-13)10-6-4-5-7-11(10)15/h4-8,17H,9H2,1-3H3,(H,16,18). The summed E-state index contributed by atoms with van der Waals surface area (Å²) in [7, 11) is 0. The van der Waals surface area contributed by atoms with E-state index in [1.807, 2.05) is 24.4 Å². The molecule has 0 amide bonds. The number of rotatable bonds is 3. The highest BCUT2D eigenvalue weighted by molar-refractivity contribution is 9.10. The lowest BCUT2D eigenvalue weighted by atomic mass is 10.1. The first-order valence-corrected chi connectivity index (χ1v) is 6.79. The number of hydrogen-bond acceptors (Lipinski definition) is 2. The van der Waals surface area contributed by atoms with Gasteiger partial charge in [-0.25, -0.2) is 4.98 Å². The summed E-state index contributed by atoms with van der Waals surface area (Å²) >= 11 is 3.55. The molecule has 18 heavy (non-hydrogen) atoms. The van der Waals surface area contributed by atoms with Crippen LogP contribution in [0.3, 0.4) is 0 Å². The van der Waals surface area contributed by atoms with E-state index in [4.69, 9.17) is 0 Å². The molecule has 2 N–H and O–H groups in total. The molecule has 1 aromatic carbocycles. The van der Waals surface area contributed by atoms with E-state index in [1.54, 1.807) is 0 Å². The molecule has 0 unspecified atom stereocenters. The predicted octanol–water partition coefficient (Wildman–Crippen LogP) is 3.73. The summed E-state index contributed by atoms with van der Waals surface area (Å²) in [5.41, 5.74) is 2.26. The summed E-state index contributed by atoms with van der Waals surface area (Å²) in [6.45, 7) is 7.17. The molecule has 2 rings (SSSR count). The zero-order valence-electron chi connectivity index (χ0n) is 10.9. The van der Waals surface area contributed by atoms with Crippen LogP contribution < -0.4 is 5.32 Å². The third-order valence-electron chi connectivity index (χ3n) is 2.58. The van der Waals surface area contributed by atoms with Crippen molar-refractivity contribution in [1.82, 2.24) is 15.3 Å². The van der Waals surface area contributed by atoms with Gasteiger partial charge in [0.2, 0.25) is 0 Å². The van der Waals surface area contributed by atoms with E-state index in [1.165, 1.54) is 0 Å². The van der Waals surface area contributed by atoms with Crippen molar-refractivity contribution < 1.29 is 0 Å². The Morgan fingerprint density at radius 2 is 2.00 bits per heavy atom. The lowest BCUT2D eigenvalue weighted by Crippen LogP contribution is -2.35. The summed E-state index contributed by atoms with van der Waals surface area (Å²) in [5, 5.41) is 3.41. The Kier molecular flexibility index (Phi) is 3.88. The SMILES string of the molecule is CC(C)(C)NCc1ncc(-c2ccccc2Br)[nH]1. The van der Waals surface area contributed by atoms with Crippen molar-refractivity contribution in [2.45, 2.75) is 32.9 Å². The molecule has 4 heteroatoms. The molecule has 0 atom stereocenters. The zero-order valence-corrected chi connectivity index (χ0v) is 12.5. The van der Waals surface area contributed by atoms with Crippen LogP contribution in [0.5, 0.6) is 0 Å². The van der Waals surface area contributed by atoms with Gasteiger partial charge in [0.15, 0.2) is 0 Å². The summed E-state index contributed by atoms with van der Waals surface area (Å²) in [4.78, 5) is 7.74. The maximum Gasteiger partial charge on any atom is 0.120 e. The van der Waals surface area contributed by atoms with E-state index >= 15 is 0 Å².